The first-order valence-corrected chi connectivity index (χ1v) is 5.63. The Morgan fingerprint density at radius 2 is 2.19 bits per heavy atom. The van der Waals surface area contributed by atoms with Gasteiger partial charge in [-0.15, -0.1) is 0 Å². The molecule has 16 heavy (non-hydrogen) atoms. The summed E-state index contributed by atoms with van der Waals surface area (Å²) in [6, 6.07) is 7.97. The summed E-state index contributed by atoms with van der Waals surface area (Å²) in [4.78, 5) is 0. The zero-order valence-electron chi connectivity index (χ0n) is 10.1. The number of nitrogens with two attached hydrogens (primary N) is 1. The van der Waals surface area contributed by atoms with Gasteiger partial charge in [0.15, 0.2) is 0 Å². The largest absolute Gasteiger partial charge is 0.484 e. The summed E-state index contributed by atoms with van der Waals surface area (Å²) in [7, 11) is 1.70. The number of ether oxygens (including phenoxy) is 2. The van der Waals surface area contributed by atoms with E-state index in [2.05, 4.69) is 6.92 Å². The number of hydrogen-bond acceptors (Lipinski definition) is 3. The molecule has 1 aromatic rings. The predicted molar refractivity (Wildman–Crippen MR) is 63.5 cm³/mol. The van der Waals surface area contributed by atoms with Crippen molar-refractivity contribution in [3.63, 3.8) is 0 Å². The van der Waals surface area contributed by atoms with Crippen molar-refractivity contribution < 1.29 is 9.47 Å². The second kappa shape index (κ2) is 4.07. The summed E-state index contributed by atoms with van der Waals surface area (Å²) < 4.78 is 11.4. The lowest BCUT2D eigenvalue weighted by molar-refractivity contribution is -0.0707. The van der Waals surface area contributed by atoms with Gasteiger partial charge in [0.1, 0.15) is 11.4 Å². The maximum atomic E-state index is 6.18. The van der Waals surface area contributed by atoms with Gasteiger partial charge in [-0.2, -0.15) is 0 Å². The third-order valence-electron chi connectivity index (χ3n) is 3.50. The van der Waals surface area contributed by atoms with Crippen LogP contribution in [0.4, 0.5) is 0 Å². The summed E-state index contributed by atoms with van der Waals surface area (Å²) >= 11 is 0. The molecule has 2 rings (SSSR count). The number of fused-ring (bicyclic) bond motifs is 1. The highest BCUT2D eigenvalue weighted by Crippen LogP contribution is 2.40. The normalized spacial score (nSPS) is 30.4. The second-order valence-corrected chi connectivity index (χ2v) is 4.64. The van der Waals surface area contributed by atoms with Crippen LogP contribution in [0.25, 0.3) is 0 Å². The molecule has 3 heteroatoms. The molecule has 0 saturated carbocycles. The van der Waals surface area contributed by atoms with Gasteiger partial charge in [-0.25, -0.2) is 0 Å². The van der Waals surface area contributed by atoms with Gasteiger partial charge in [-0.1, -0.05) is 18.2 Å². The third-order valence-corrected chi connectivity index (χ3v) is 3.50. The first kappa shape index (κ1) is 11.4. The molecule has 0 radical (unpaired) electrons. The average Bonchev–Trinajstić information content (AvgIpc) is 2.27. The molecule has 1 aromatic carbocycles. The summed E-state index contributed by atoms with van der Waals surface area (Å²) in [6.45, 7) is 4.07. The SMILES string of the molecule is COC(C)C1(C)C[C@@H](N)c2ccccc2O1. The minimum Gasteiger partial charge on any atom is -0.484 e. The van der Waals surface area contributed by atoms with Crippen molar-refractivity contribution in [1.29, 1.82) is 0 Å². The van der Waals surface area contributed by atoms with Gasteiger partial charge in [-0.3, -0.25) is 0 Å². The van der Waals surface area contributed by atoms with E-state index in [0.717, 1.165) is 17.7 Å². The quantitative estimate of drug-likeness (QED) is 0.833. The van der Waals surface area contributed by atoms with Crippen LogP contribution in [0, 0.1) is 0 Å². The molecule has 0 fully saturated rings. The fourth-order valence-electron chi connectivity index (χ4n) is 2.22. The van der Waals surface area contributed by atoms with Gasteiger partial charge in [0.2, 0.25) is 0 Å². The van der Waals surface area contributed by atoms with Crippen molar-refractivity contribution in [1.82, 2.24) is 0 Å². The molecule has 0 bridgehead atoms. The molecule has 3 nitrogen and oxygen atoms in total. The Bertz CT molecular complexity index is 380. The van der Waals surface area contributed by atoms with Gasteiger partial charge in [-0.05, 0) is 19.9 Å². The first-order chi connectivity index (χ1) is 7.57. The number of hydrogen-bond donors (Lipinski definition) is 1. The molecule has 3 atom stereocenters. The molecule has 1 heterocycles. The van der Waals surface area contributed by atoms with Crippen LogP contribution in [0.15, 0.2) is 24.3 Å². The van der Waals surface area contributed by atoms with E-state index in [4.69, 9.17) is 15.2 Å². The van der Waals surface area contributed by atoms with E-state index in [1.54, 1.807) is 7.11 Å². The molecule has 88 valence electrons. The highest BCUT2D eigenvalue weighted by Gasteiger charge is 2.40. The fraction of sp³-hybridized carbons (Fsp3) is 0.538. The van der Waals surface area contributed by atoms with Crippen molar-refractivity contribution in [3.8, 4) is 5.75 Å². The molecule has 0 saturated heterocycles. The lowest BCUT2D eigenvalue weighted by Crippen LogP contribution is -2.49. The smallest absolute Gasteiger partial charge is 0.134 e. The van der Waals surface area contributed by atoms with Crippen molar-refractivity contribution in [2.24, 2.45) is 5.73 Å². The standard InChI is InChI=1S/C13H19NO2/c1-9(15-3)13(2)8-11(14)10-6-4-5-7-12(10)16-13/h4-7,9,11H,8,14H2,1-3H3/t9?,11-,13?/m1/s1. The molecule has 0 spiro atoms. The topological polar surface area (TPSA) is 44.5 Å². The molecular formula is C13H19NO2. The maximum absolute atomic E-state index is 6.18. The van der Waals surface area contributed by atoms with Crippen LogP contribution in [-0.2, 0) is 4.74 Å². The van der Waals surface area contributed by atoms with Gasteiger partial charge in [0, 0.05) is 25.1 Å². The Labute approximate surface area is 96.5 Å². The van der Waals surface area contributed by atoms with Gasteiger partial charge >= 0.3 is 0 Å². The molecule has 1 aliphatic heterocycles. The van der Waals surface area contributed by atoms with Crippen LogP contribution < -0.4 is 10.5 Å². The van der Waals surface area contributed by atoms with Crippen LogP contribution in [0.2, 0.25) is 0 Å². The van der Waals surface area contributed by atoms with E-state index >= 15 is 0 Å². The zero-order valence-corrected chi connectivity index (χ0v) is 10.1. The lowest BCUT2D eigenvalue weighted by Gasteiger charge is -2.41. The number of rotatable bonds is 2. The van der Waals surface area contributed by atoms with Gasteiger partial charge in [0.05, 0.1) is 6.10 Å². The average molecular weight is 221 g/mol. The Kier molecular flexibility index (Phi) is 2.91. The summed E-state index contributed by atoms with van der Waals surface area (Å²) in [5.74, 6) is 0.882. The van der Waals surface area contributed by atoms with Crippen LogP contribution in [-0.4, -0.2) is 18.8 Å². The van der Waals surface area contributed by atoms with Crippen molar-refractivity contribution in [2.75, 3.05) is 7.11 Å². The summed E-state index contributed by atoms with van der Waals surface area (Å²) in [6.07, 6.45) is 0.797. The van der Waals surface area contributed by atoms with Crippen molar-refractivity contribution >= 4 is 0 Å². The van der Waals surface area contributed by atoms with Crippen LogP contribution in [0.5, 0.6) is 5.75 Å². The summed E-state index contributed by atoms with van der Waals surface area (Å²) in [5.41, 5.74) is 6.92. The highest BCUT2D eigenvalue weighted by atomic mass is 16.5. The van der Waals surface area contributed by atoms with Gasteiger partial charge < -0.3 is 15.2 Å². The highest BCUT2D eigenvalue weighted by molar-refractivity contribution is 5.38. The van der Waals surface area contributed by atoms with Crippen LogP contribution in [0.3, 0.4) is 0 Å². The van der Waals surface area contributed by atoms with Crippen LogP contribution in [0.1, 0.15) is 31.9 Å². The Balaban J connectivity index is 2.33. The molecule has 2 N–H and O–H groups in total. The van der Waals surface area contributed by atoms with E-state index in [1.807, 2.05) is 31.2 Å². The molecule has 0 aromatic heterocycles. The molecule has 2 unspecified atom stereocenters. The fourth-order valence-corrected chi connectivity index (χ4v) is 2.22. The first-order valence-electron chi connectivity index (χ1n) is 5.63. The van der Waals surface area contributed by atoms with Crippen molar-refractivity contribution in [3.05, 3.63) is 29.8 Å². The van der Waals surface area contributed by atoms with E-state index in [1.165, 1.54) is 0 Å². The second-order valence-electron chi connectivity index (χ2n) is 4.64. The molecule has 0 amide bonds. The number of para-hydroxylation sites is 1. The Hall–Kier alpha value is -1.06. The molecule has 1 aliphatic rings. The van der Waals surface area contributed by atoms with Crippen molar-refractivity contribution in [2.45, 2.75) is 38.0 Å². The Morgan fingerprint density at radius 3 is 2.88 bits per heavy atom. The van der Waals surface area contributed by atoms with E-state index in [9.17, 15) is 0 Å². The Morgan fingerprint density at radius 1 is 1.50 bits per heavy atom. The molecular weight excluding hydrogens is 202 g/mol. The third kappa shape index (κ3) is 1.81. The number of benzene rings is 1. The van der Waals surface area contributed by atoms with E-state index < -0.39 is 0 Å². The minimum atomic E-state index is -0.345. The number of methoxy groups -OCH3 is 1. The predicted octanol–water partition coefficient (Wildman–Crippen LogP) is 2.26. The monoisotopic (exact) mass is 221 g/mol. The lowest BCUT2D eigenvalue weighted by atomic mass is 9.85. The zero-order chi connectivity index (χ0) is 11.8. The van der Waals surface area contributed by atoms with E-state index in [-0.39, 0.29) is 17.7 Å². The summed E-state index contributed by atoms with van der Waals surface area (Å²) in [5, 5.41) is 0. The van der Waals surface area contributed by atoms with Crippen LogP contribution >= 0.6 is 0 Å². The maximum Gasteiger partial charge on any atom is 0.134 e. The van der Waals surface area contributed by atoms with Gasteiger partial charge in [0.25, 0.3) is 0 Å². The van der Waals surface area contributed by atoms with E-state index in [0.29, 0.717) is 0 Å². The minimum absolute atomic E-state index is 0.0203. The molecule has 0 aliphatic carbocycles.